The van der Waals surface area contributed by atoms with E-state index in [-0.39, 0.29) is 11.8 Å². The Morgan fingerprint density at radius 2 is 1.87 bits per heavy atom. The number of rotatable bonds is 7. The minimum Gasteiger partial charge on any atom is -0.493 e. The number of aliphatic carboxylic acids is 1. The van der Waals surface area contributed by atoms with Crippen molar-refractivity contribution >= 4 is 5.97 Å². The van der Waals surface area contributed by atoms with Crippen molar-refractivity contribution in [1.82, 2.24) is 24.7 Å². The second-order valence-corrected chi connectivity index (χ2v) is 7.34. The topological polar surface area (TPSA) is 112 Å². The highest BCUT2D eigenvalue weighted by atomic mass is 16.5. The average molecular weight is 409 g/mol. The summed E-state index contributed by atoms with van der Waals surface area (Å²) in [6.07, 6.45) is 1.11. The van der Waals surface area contributed by atoms with Gasteiger partial charge in [-0.25, -0.2) is 15.0 Å². The van der Waals surface area contributed by atoms with Crippen molar-refractivity contribution < 1.29 is 19.4 Å². The number of benzene rings is 1. The van der Waals surface area contributed by atoms with Gasteiger partial charge in [-0.05, 0) is 38.0 Å². The minimum atomic E-state index is -0.788. The molecule has 1 N–H and O–H groups in total. The number of nitrogens with zero attached hydrogens (tertiary/aromatic N) is 5. The highest BCUT2D eigenvalue weighted by Crippen LogP contribution is 2.47. The summed E-state index contributed by atoms with van der Waals surface area (Å²) in [7, 11) is 3.20. The first-order chi connectivity index (χ1) is 14.4. The van der Waals surface area contributed by atoms with Crippen LogP contribution in [0.3, 0.4) is 0 Å². The van der Waals surface area contributed by atoms with Crippen molar-refractivity contribution in [2.24, 2.45) is 5.92 Å². The van der Waals surface area contributed by atoms with Gasteiger partial charge in [-0.3, -0.25) is 4.79 Å². The second-order valence-electron chi connectivity index (χ2n) is 7.34. The summed E-state index contributed by atoms with van der Waals surface area (Å²) in [5.74, 6) is 2.56. The lowest BCUT2D eigenvalue weighted by Crippen LogP contribution is -2.09. The van der Waals surface area contributed by atoms with Gasteiger partial charge in [0, 0.05) is 18.4 Å². The quantitative estimate of drug-likeness (QED) is 0.633. The largest absolute Gasteiger partial charge is 0.493 e. The van der Waals surface area contributed by atoms with Crippen molar-refractivity contribution in [2.45, 2.75) is 32.6 Å². The van der Waals surface area contributed by atoms with Crippen LogP contribution >= 0.6 is 0 Å². The Balaban J connectivity index is 1.67. The summed E-state index contributed by atoms with van der Waals surface area (Å²) in [4.78, 5) is 24.8. The number of aryl methyl sites for hydroxylation is 2. The summed E-state index contributed by atoms with van der Waals surface area (Å²) < 4.78 is 12.4. The van der Waals surface area contributed by atoms with E-state index >= 15 is 0 Å². The van der Waals surface area contributed by atoms with Gasteiger partial charge in [-0.15, -0.1) is 5.10 Å². The van der Waals surface area contributed by atoms with Crippen LogP contribution in [-0.4, -0.2) is 50.0 Å². The fourth-order valence-corrected chi connectivity index (χ4v) is 3.60. The molecule has 1 aliphatic carbocycles. The Bertz CT molecular complexity index is 1110. The Morgan fingerprint density at radius 1 is 1.10 bits per heavy atom. The molecule has 0 amide bonds. The Hall–Kier alpha value is -3.49. The summed E-state index contributed by atoms with van der Waals surface area (Å²) in [6, 6.07) is 7.53. The first-order valence-corrected chi connectivity index (χ1v) is 9.61. The van der Waals surface area contributed by atoms with Crippen LogP contribution in [-0.2, 0) is 11.2 Å². The third-order valence-electron chi connectivity index (χ3n) is 5.14. The molecular formula is C21H23N5O4. The van der Waals surface area contributed by atoms with Gasteiger partial charge in [-0.2, -0.15) is 4.68 Å². The van der Waals surface area contributed by atoms with Crippen molar-refractivity contribution in [3.8, 4) is 17.3 Å². The van der Waals surface area contributed by atoms with Crippen LogP contribution in [0.5, 0.6) is 11.5 Å². The van der Waals surface area contributed by atoms with E-state index in [4.69, 9.17) is 9.47 Å². The smallest absolute Gasteiger partial charge is 0.307 e. The number of hydrogen-bond donors (Lipinski definition) is 1. The third-order valence-corrected chi connectivity index (χ3v) is 5.14. The molecule has 156 valence electrons. The number of hydrogen-bond acceptors (Lipinski definition) is 7. The number of carbonyl (C=O) groups is 1. The van der Waals surface area contributed by atoms with Gasteiger partial charge in [0.15, 0.2) is 17.3 Å². The van der Waals surface area contributed by atoms with Crippen LogP contribution in [0.1, 0.15) is 41.1 Å². The van der Waals surface area contributed by atoms with E-state index in [0.29, 0.717) is 47.6 Å². The van der Waals surface area contributed by atoms with E-state index < -0.39 is 5.97 Å². The Morgan fingerprint density at radius 3 is 2.53 bits per heavy atom. The predicted octanol–water partition coefficient (Wildman–Crippen LogP) is 2.47. The Labute approximate surface area is 173 Å². The molecule has 9 nitrogen and oxygen atoms in total. The van der Waals surface area contributed by atoms with Crippen molar-refractivity contribution in [3.05, 3.63) is 53.0 Å². The molecule has 0 radical (unpaired) electrons. The fraction of sp³-hybridized carbons (Fsp3) is 0.381. The van der Waals surface area contributed by atoms with Gasteiger partial charge in [0.2, 0.25) is 0 Å². The zero-order valence-electron chi connectivity index (χ0n) is 17.3. The van der Waals surface area contributed by atoms with Gasteiger partial charge in [-0.1, -0.05) is 6.07 Å². The molecule has 2 heterocycles. The standard InChI is InChI=1S/C21H23N5O4/c1-11-22-16(14-9-15(14)21(27)28)10-20(23-11)26-19(24-12(2)25-26)8-13-5-6-17(29-3)18(7-13)30-4/h5-7,10,14-15H,8-9H2,1-4H3,(H,27,28). The van der Waals surface area contributed by atoms with Crippen LogP contribution < -0.4 is 9.47 Å². The van der Waals surface area contributed by atoms with E-state index in [1.54, 1.807) is 25.8 Å². The summed E-state index contributed by atoms with van der Waals surface area (Å²) in [6.45, 7) is 3.62. The lowest BCUT2D eigenvalue weighted by Gasteiger charge is -2.11. The van der Waals surface area contributed by atoms with E-state index in [2.05, 4.69) is 20.1 Å². The van der Waals surface area contributed by atoms with Gasteiger partial charge in [0.05, 0.1) is 25.8 Å². The number of carboxylic acids is 1. The SMILES string of the molecule is COc1ccc(Cc2nc(C)nn2-c2cc(C3CC3C(=O)O)nc(C)n2)cc1OC. The van der Waals surface area contributed by atoms with Crippen LogP contribution in [0.15, 0.2) is 24.3 Å². The highest BCUT2D eigenvalue weighted by Gasteiger charge is 2.45. The number of methoxy groups -OCH3 is 2. The first-order valence-electron chi connectivity index (χ1n) is 9.61. The zero-order chi connectivity index (χ0) is 21.4. The molecule has 1 fully saturated rings. The molecule has 0 saturated heterocycles. The summed E-state index contributed by atoms with van der Waals surface area (Å²) in [5.41, 5.74) is 1.72. The monoisotopic (exact) mass is 409 g/mol. The third kappa shape index (κ3) is 3.83. The van der Waals surface area contributed by atoms with Crippen LogP contribution in [0.2, 0.25) is 0 Å². The first kappa shape index (κ1) is 19.8. The highest BCUT2D eigenvalue weighted by molar-refractivity contribution is 5.75. The average Bonchev–Trinajstić information content (AvgIpc) is 3.45. The van der Waals surface area contributed by atoms with E-state index in [9.17, 15) is 9.90 Å². The molecule has 30 heavy (non-hydrogen) atoms. The van der Waals surface area contributed by atoms with Gasteiger partial charge >= 0.3 is 5.97 Å². The zero-order valence-corrected chi connectivity index (χ0v) is 17.3. The molecule has 0 spiro atoms. The van der Waals surface area contributed by atoms with Gasteiger partial charge in [0.1, 0.15) is 17.5 Å². The molecule has 2 atom stereocenters. The molecule has 4 rings (SSSR count). The molecule has 9 heteroatoms. The molecule has 1 aromatic carbocycles. The number of aromatic nitrogens is 5. The maximum atomic E-state index is 11.3. The molecule has 2 unspecified atom stereocenters. The minimum absolute atomic E-state index is 0.0816. The summed E-state index contributed by atoms with van der Waals surface area (Å²) >= 11 is 0. The predicted molar refractivity (Wildman–Crippen MR) is 107 cm³/mol. The van der Waals surface area contributed by atoms with Gasteiger partial charge in [0.25, 0.3) is 0 Å². The van der Waals surface area contributed by atoms with Gasteiger partial charge < -0.3 is 14.6 Å². The molecule has 0 aliphatic heterocycles. The lowest BCUT2D eigenvalue weighted by atomic mass is 10.1. The molecule has 2 aromatic heterocycles. The maximum Gasteiger partial charge on any atom is 0.307 e. The molecule has 1 saturated carbocycles. The van der Waals surface area contributed by atoms with E-state index in [1.165, 1.54) is 0 Å². The van der Waals surface area contributed by atoms with Crippen LogP contribution in [0.25, 0.3) is 5.82 Å². The van der Waals surface area contributed by atoms with Crippen molar-refractivity contribution in [3.63, 3.8) is 0 Å². The lowest BCUT2D eigenvalue weighted by molar-refractivity contribution is -0.138. The molecule has 3 aromatic rings. The van der Waals surface area contributed by atoms with Crippen LogP contribution in [0, 0.1) is 19.8 Å². The Kier molecular flexibility index (Phi) is 5.11. The molecular weight excluding hydrogens is 386 g/mol. The van der Waals surface area contributed by atoms with E-state index in [0.717, 1.165) is 11.3 Å². The second kappa shape index (κ2) is 7.74. The fourth-order valence-electron chi connectivity index (χ4n) is 3.60. The van der Waals surface area contributed by atoms with E-state index in [1.807, 2.05) is 31.2 Å². The number of ether oxygens (including phenoxy) is 2. The molecule has 0 bridgehead atoms. The summed E-state index contributed by atoms with van der Waals surface area (Å²) in [5, 5.41) is 13.8. The normalized spacial score (nSPS) is 17.6. The van der Waals surface area contributed by atoms with Crippen molar-refractivity contribution in [1.29, 1.82) is 0 Å². The number of carboxylic acid groups (broad SMARTS) is 1. The maximum absolute atomic E-state index is 11.3. The molecule has 1 aliphatic rings. The van der Waals surface area contributed by atoms with Crippen LogP contribution in [0.4, 0.5) is 0 Å². The van der Waals surface area contributed by atoms with Crippen molar-refractivity contribution in [2.75, 3.05) is 14.2 Å².